The minimum absolute atomic E-state index is 0.0455. The lowest BCUT2D eigenvalue weighted by Crippen LogP contribution is -2.29. The van der Waals surface area contributed by atoms with Crippen LogP contribution in [0.25, 0.3) is 0 Å². The van der Waals surface area contributed by atoms with E-state index in [0.29, 0.717) is 12.0 Å². The highest BCUT2D eigenvalue weighted by molar-refractivity contribution is 5.35. The van der Waals surface area contributed by atoms with E-state index in [2.05, 4.69) is 32.2 Å². The Bertz CT molecular complexity index is 415. The lowest BCUT2D eigenvalue weighted by Gasteiger charge is -2.26. The summed E-state index contributed by atoms with van der Waals surface area (Å²) in [5, 5.41) is 3.57. The number of ether oxygens (including phenoxy) is 2. The Kier molecular flexibility index (Phi) is 5.44. The summed E-state index contributed by atoms with van der Waals surface area (Å²) in [5.41, 5.74) is 1.13. The molecule has 1 aliphatic carbocycles. The highest BCUT2D eigenvalue weighted by Crippen LogP contribution is 2.30. The summed E-state index contributed by atoms with van der Waals surface area (Å²) in [6.07, 6.45) is 2.85. The quantitative estimate of drug-likeness (QED) is 0.788. The molecule has 0 saturated heterocycles. The summed E-state index contributed by atoms with van der Waals surface area (Å²) in [6, 6.07) is 8.84. The molecule has 1 saturated carbocycles. The summed E-state index contributed by atoms with van der Waals surface area (Å²) in [6.45, 7) is 7.38. The van der Waals surface area contributed by atoms with Crippen molar-refractivity contribution < 1.29 is 9.47 Å². The van der Waals surface area contributed by atoms with E-state index in [1.165, 1.54) is 12.8 Å². The van der Waals surface area contributed by atoms with Gasteiger partial charge in [0, 0.05) is 18.2 Å². The third-order valence-electron chi connectivity index (χ3n) is 3.97. The first kappa shape index (κ1) is 15.3. The van der Waals surface area contributed by atoms with Crippen molar-refractivity contribution in [3.05, 3.63) is 29.8 Å². The van der Waals surface area contributed by atoms with Crippen LogP contribution in [0.5, 0.6) is 5.75 Å². The standard InChI is InChI=1S/C17H27NO2/c1-12(2)13(3)20-17(11-18-14-9-10-14)15-7-5-6-8-16(15)19-4/h5-8,12-14,17-18H,9-11H2,1-4H3. The molecule has 1 aliphatic rings. The first-order valence-electron chi connectivity index (χ1n) is 7.63. The topological polar surface area (TPSA) is 30.5 Å². The number of benzene rings is 1. The largest absolute Gasteiger partial charge is 0.496 e. The number of rotatable bonds is 8. The second kappa shape index (κ2) is 7.09. The van der Waals surface area contributed by atoms with Gasteiger partial charge in [-0.2, -0.15) is 0 Å². The zero-order chi connectivity index (χ0) is 14.5. The van der Waals surface area contributed by atoms with Crippen LogP contribution in [0, 0.1) is 5.92 Å². The number of nitrogens with one attached hydrogen (secondary N) is 1. The Hall–Kier alpha value is -1.06. The number of methoxy groups -OCH3 is 1. The molecule has 112 valence electrons. The van der Waals surface area contributed by atoms with Crippen molar-refractivity contribution >= 4 is 0 Å². The maximum Gasteiger partial charge on any atom is 0.124 e. The first-order chi connectivity index (χ1) is 9.61. The molecule has 3 heteroatoms. The van der Waals surface area contributed by atoms with Gasteiger partial charge in [0.2, 0.25) is 0 Å². The van der Waals surface area contributed by atoms with Gasteiger partial charge in [0.1, 0.15) is 5.75 Å². The van der Waals surface area contributed by atoms with Crippen LogP contribution in [0.1, 0.15) is 45.3 Å². The molecule has 0 bridgehead atoms. The van der Waals surface area contributed by atoms with Crippen LogP contribution >= 0.6 is 0 Å². The van der Waals surface area contributed by atoms with E-state index in [4.69, 9.17) is 9.47 Å². The summed E-state index contributed by atoms with van der Waals surface area (Å²) in [7, 11) is 1.72. The second-order valence-electron chi connectivity index (χ2n) is 6.00. The van der Waals surface area contributed by atoms with Crippen LogP contribution in [0.2, 0.25) is 0 Å². The van der Waals surface area contributed by atoms with Crippen molar-refractivity contribution in [2.45, 2.75) is 51.9 Å². The predicted molar refractivity (Wildman–Crippen MR) is 82.1 cm³/mol. The van der Waals surface area contributed by atoms with Gasteiger partial charge in [-0.15, -0.1) is 0 Å². The van der Waals surface area contributed by atoms with Crippen LogP contribution in [-0.4, -0.2) is 25.8 Å². The van der Waals surface area contributed by atoms with Crippen LogP contribution in [-0.2, 0) is 4.74 Å². The molecule has 2 unspecified atom stereocenters. The second-order valence-corrected chi connectivity index (χ2v) is 6.00. The molecule has 1 fully saturated rings. The molecule has 2 atom stereocenters. The zero-order valence-corrected chi connectivity index (χ0v) is 13.1. The molecule has 3 nitrogen and oxygen atoms in total. The van der Waals surface area contributed by atoms with Crippen molar-refractivity contribution in [1.29, 1.82) is 0 Å². The lowest BCUT2D eigenvalue weighted by molar-refractivity contribution is -0.0270. The zero-order valence-electron chi connectivity index (χ0n) is 13.1. The third kappa shape index (κ3) is 4.22. The molecule has 0 heterocycles. The summed E-state index contributed by atoms with van der Waals surface area (Å²) in [5.74, 6) is 1.42. The highest BCUT2D eigenvalue weighted by atomic mass is 16.5. The van der Waals surface area contributed by atoms with Crippen LogP contribution in [0.4, 0.5) is 0 Å². The molecular weight excluding hydrogens is 250 g/mol. The summed E-state index contributed by atoms with van der Waals surface area (Å²) in [4.78, 5) is 0. The van der Waals surface area contributed by atoms with E-state index in [-0.39, 0.29) is 12.2 Å². The van der Waals surface area contributed by atoms with E-state index in [1.54, 1.807) is 7.11 Å². The average molecular weight is 277 g/mol. The minimum Gasteiger partial charge on any atom is -0.496 e. The molecule has 20 heavy (non-hydrogen) atoms. The molecule has 0 aromatic heterocycles. The molecule has 1 N–H and O–H groups in total. The van der Waals surface area contributed by atoms with Crippen LogP contribution in [0.15, 0.2) is 24.3 Å². The fourth-order valence-corrected chi connectivity index (χ4v) is 2.14. The Morgan fingerprint density at radius 3 is 2.50 bits per heavy atom. The van der Waals surface area contributed by atoms with Gasteiger partial charge in [-0.3, -0.25) is 0 Å². The highest BCUT2D eigenvalue weighted by Gasteiger charge is 2.25. The molecule has 0 spiro atoms. The van der Waals surface area contributed by atoms with Crippen LogP contribution < -0.4 is 10.1 Å². The Morgan fingerprint density at radius 1 is 1.20 bits per heavy atom. The molecule has 2 rings (SSSR count). The summed E-state index contributed by atoms with van der Waals surface area (Å²) >= 11 is 0. The first-order valence-corrected chi connectivity index (χ1v) is 7.63. The van der Waals surface area contributed by atoms with Gasteiger partial charge in [0.25, 0.3) is 0 Å². The smallest absolute Gasteiger partial charge is 0.124 e. The Balaban J connectivity index is 2.10. The lowest BCUT2D eigenvalue weighted by atomic mass is 10.1. The molecular formula is C17H27NO2. The van der Waals surface area contributed by atoms with Crippen LogP contribution in [0.3, 0.4) is 0 Å². The van der Waals surface area contributed by atoms with E-state index in [9.17, 15) is 0 Å². The van der Waals surface area contributed by atoms with Gasteiger partial charge in [-0.05, 0) is 31.7 Å². The van der Waals surface area contributed by atoms with Gasteiger partial charge in [0.15, 0.2) is 0 Å². The number of hydrogen-bond acceptors (Lipinski definition) is 3. The van der Waals surface area contributed by atoms with Gasteiger partial charge in [-0.25, -0.2) is 0 Å². The normalized spacial score (nSPS) is 18.1. The van der Waals surface area contributed by atoms with Gasteiger partial charge < -0.3 is 14.8 Å². The van der Waals surface area contributed by atoms with E-state index >= 15 is 0 Å². The molecule has 0 amide bonds. The Labute approximate surface area is 122 Å². The van der Waals surface area contributed by atoms with Crippen molar-refractivity contribution in [2.75, 3.05) is 13.7 Å². The number of hydrogen-bond donors (Lipinski definition) is 1. The SMILES string of the molecule is COc1ccccc1C(CNC1CC1)OC(C)C(C)C. The minimum atomic E-state index is 0.0455. The fourth-order valence-electron chi connectivity index (χ4n) is 2.14. The van der Waals surface area contributed by atoms with E-state index in [1.807, 2.05) is 18.2 Å². The molecule has 1 aromatic carbocycles. The van der Waals surface area contributed by atoms with E-state index in [0.717, 1.165) is 17.9 Å². The average Bonchev–Trinajstić information content (AvgIpc) is 3.27. The van der Waals surface area contributed by atoms with Crippen molar-refractivity contribution in [3.8, 4) is 5.75 Å². The maximum atomic E-state index is 6.28. The van der Waals surface area contributed by atoms with Crippen molar-refractivity contribution in [2.24, 2.45) is 5.92 Å². The number of para-hydroxylation sites is 1. The van der Waals surface area contributed by atoms with Gasteiger partial charge >= 0.3 is 0 Å². The molecule has 1 aromatic rings. The predicted octanol–water partition coefficient (Wildman–Crippen LogP) is 3.55. The Morgan fingerprint density at radius 2 is 1.90 bits per heavy atom. The third-order valence-corrected chi connectivity index (χ3v) is 3.97. The summed E-state index contributed by atoms with van der Waals surface area (Å²) < 4.78 is 11.8. The molecule has 0 radical (unpaired) electrons. The maximum absolute atomic E-state index is 6.28. The van der Waals surface area contributed by atoms with E-state index < -0.39 is 0 Å². The van der Waals surface area contributed by atoms with Crippen molar-refractivity contribution in [1.82, 2.24) is 5.32 Å². The van der Waals surface area contributed by atoms with Crippen molar-refractivity contribution in [3.63, 3.8) is 0 Å². The fraction of sp³-hybridized carbons (Fsp3) is 0.647. The van der Waals surface area contributed by atoms with Gasteiger partial charge in [0.05, 0.1) is 19.3 Å². The monoisotopic (exact) mass is 277 g/mol. The van der Waals surface area contributed by atoms with Gasteiger partial charge in [-0.1, -0.05) is 32.0 Å². The molecule has 0 aliphatic heterocycles.